The molecule has 2 N–H and O–H groups in total. The van der Waals surface area contributed by atoms with Gasteiger partial charge in [0, 0.05) is 18.7 Å². The van der Waals surface area contributed by atoms with Crippen LogP contribution in [0.25, 0.3) is 0 Å². The maximum absolute atomic E-state index is 13.1. The number of benzene rings is 2. The molecular formula is C25H30Cl3F3N2O2. The van der Waals surface area contributed by atoms with Crippen LogP contribution < -0.4 is 5.32 Å². The number of aliphatic hydroxyl groups excluding tert-OH is 1. The minimum absolute atomic E-state index is 0. The summed E-state index contributed by atoms with van der Waals surface area (Å²) in [6.45, 7) is 5.78. The molecule has 0 spiro atoms. The van der Waals surface area contributed by atoms with Gasteiger partial charge in [0.05, 0.1) is 21.2 Å². The highest BCUT2D eigenvalue weighted by molar-refractivity contribution is 6.40. The molecule has 10 heteroatoms. The van der Waals surface area contributed by atoms with Crippen LogP contribution in [0.4, 0.5) is 13.2 Å². The zero-order valence-corrected chi connectivity index (χ0v) is 21.9. The molecule has 3 aliphatic heterocycles. The quantitative estimate of drug-likeness (QED) is 0.433. The second kappa shape index (κ2) is 12.6. The van der Waals surface area contributed by atoms with Gasteiger partial charge in [-0.25, -0.2) is 0 Å². The standard InChI is InChI=1S/C22H21Cl2F3N2O.C3H8O.ClH/c23-17-6-5-16(22(25,26)27)20(24)19(17)21(30)28-12-14-3-1-2-4-15(14)18-11-13-7-9-29(18)10-8-13;1-3(2)4;/h1-6,13,18H,7-12H2,(H,28,30);3-4H,1-2H3;1H/t18-;;/m0../s1. The Morgan fingerprint density at radius 3 is 2.29 bits per heavy atom. The van der Waals surface area contributed by atoms with Gasteiger partial charge < -0.3 is 10.4 Å². The van der Waals surface area contributed by atoms with Gasteiger partial charge in [-0.15, -0.1) is 12.4 Å². The number of carbonyl (C=O) groups is 1. The summed E-state index contributed by atoms with van der Waals surface area (Å²) in [6, 6.07) is 10.0. The molecule has 5 rings (SSSR count). The van der Waals surface area contributed by atoms with Crippen molar-refractivity contribution in [1.82, 2.24) is 10.2 Å². The molecule has 2 aromatic carbocycles. The van der Waals surface area contributed by atoms with Gasteiger partial charge in [-0.05, 0) is 75.4 Å². The molecule has 1 atom stereocenters. The molecule has 3 fully saturated rings. The van der Waals surface area contributed by atoms with Crippen LogP contribution in [0.1, 0.15) is 66.2 Å². The number of piperidine rings is 3. The molecule has 35 heavy (non-hydrogen) atoms. The number of halogens is 6. The highest BCUT2D eigenvalue weighted by Gasteiger charge is 2.36. The molecule has 1 amide bonds. The summed E-state index contributed by atoms with van der Waals surface area (Å²) in [7, 11) is 0. The molecule has 0 aromatic heterocycles. The topological polar surface area (TPSA) is 52.6 Å². The number of aliphatic hydroxyl groups is 1. The largest absolute Gasteiger partial charge is 0.417 e. The highest BCUT2D eigenvalue weighted by Crippen LogP contribution is 2.42. The molecule has 0 saturated carbocycles. The Morgan fingerprint density at radius 2 is 1.74 bits per heavy atom. The number of amides is 1. The second-order valence-corrected chi connectivity index (χ2v) is 9.77. The maximum atomic E-state index is 13.1. The summed E-state index contributed by atoms with van der Waals surface area (Å²) < 4.78 is 39.4. The van der Waals surface area contributed by atoms with Crippen LogP contribution in [0.5, 0.6) is 0 Å². The van der Waals surface area contributed by atoms with E-state index in [1.54, 1.807) is 13.8 Å². The van der Waals surface area contributed by atoms with Gasteiger partial charge >= 0.3 is 6.18 Å². The Balaban J connectivity index is 0.000000804. The lowest BCUT2D eigenvalue weighted by molar-refractivity contribution is -0.137. The SMILES string of the molecule is CC(C)O.Cl.O=C(NCc1ccccc1[C@@H]1CC2CCN1CC2)c1c(Cl)ccc(C(F)(F)F)c1Cl. The van der Waals surface area contributed by atoms with Crippen LogP contribution in [0.3, 0.4) is 0 Å². The predicted octanol–water partition coefficient (Wildman–Crippen LogP) is 6.91. The minimum Gasteiger partial charge on any atom is -0.394 e. The average Bonchev–Trinajstić information content (AvgIpc) is 2.77. The molecule has 3 saturated heterocycles. The fourth-order valence-electron chi connectivity index (χ4n) is 4.55. The Kier molecular flexibility index (Phi) is 10.7. The zero-order valence-electron chi connectivity index (χ0n) is 19.5. The van der Waals surface area contributed by atoms with Crippen molar-refractivity contribution in [2.45, 2.75) is 58.0 Å². The zero-order chi connectivity index (χ0) is 25.0. The Labute approximate surface area is 220 Å². The summed E-state index contributed by atoms with van der Waals surface area (Å²) in [5.41, 5.74) is 0.669. The van der Waals surface area contributed by atoms with E-state index in [-0.39, 0.29) is 35.6 Å². The third-order valence-electron chi connectivity index (χ3n) is 6.12. The molecule has 4 nitrogen and oxygen atoms in total. The van der Waals surface area contributed by atoms with Crippen molar-refractivity contribution in [2.75, 3.05) is 13.1 Å². The molecule has 194 valence electrons. The van der Waals surface area contributed by atoms with Gasteiger partial charge in [-0.2, -0.15) is 13.2 Å². The lowest BCUT2D eigenvalue weighted by atomic mass is 9.79. The van der Waals surface area contributed by atoms with Crippen LogP contribution in [-0.4, -0.2) is 35.1 Å². The first-order valence-corrected chi connectivity index (χ1v) is 12.1. The van der Waals surface area contributed by atoms with E-state index in [1.807, 2.05) is 18.2 Å². The second-order valence-electron chi connectivity index (χ2n) is 8.99. The van der Waals surface area contributed by atoms with E-state index in [4.69, 9.17) is 28.3 Å². The number of nitrogens with zero attached hydrogens (tertiary/aromatic N) is 1. The van der Waals surface area contributed by atoms with Gasteiger partial charge in [0.2, 0.25) is 0 Å². The summed E-state index contributed by atoms with van der Waals surface area (Å²) >= 11 is 11.9. The van der Waals surface area contributed by atoms with Crippen molar-refractivity contribution >= 4 is 41.5 Å². The molecular weight excluding hydrogens is 524 g/mol. The summed E-state index contributed by atoms with van der Waals surface area (Å²) in [5, 5.41) is 9.96. The van der Waals surface area contributed by atoms with E-state index in [0.717, 1.165) is 48.7 Å². The molecule has 0 aliphatic carbocycles. The number of fused-ring (bicyclic) bond motifs is 3. The van der Waals surface area contributed by atoms with Crippen LogP contribution in [0.2, 0.25) is 10.0 Å². The number of hydrogen-bond acceptors (Lipinski definition) is 3. The first-order chi connectivity index (χ1) is 16.0. The monoisotopic (exact) mass is 552 g/mol. The molecule has 3 heterocycles. The van der Waals surface area contributed by atoms with E-state index in [2.05, 4.69) is 16.3 Å². The van der Waals surface area contributed by atoms with Gasteiger partial charge in [0.1, 0.15) is 0 Å². The summed E-state index contributed by atoms with van der Waals surface area (Å²) in [5.74, 6) is 0.00161. The van der Waals surface area contributed by atoms with Gasteiger partial charge in [0.25, 0.3) is 5.91 Å². The Hall–Kier alpha value is -1.51. The van der Waals surface area contributed by atoms with E-state index in [0.29, 0.717) is 6.04 Å². The minimum atomic E-state index is -4.67. The van der Waals surface area contributed by atoms with E-state index < -0.39 is 22.7 Å². The first-order valence-electron chi connectivity index (χ1n) is 11.3. The third-order valence-corrected chi connectivity index (χ3v) is 6.83. The molecule has 2 aromatic rings. The van der Waals surface area contributed by atoms with Crippen molar-refractivity contribution in [3.05, 3.63) is 68.7 Å². The number of nitrogens with one attached hydrogen (secondary N) is 1. The Morgan fingerprint density at radius 1 is 1.14 bits per heavy atom. The fourth-order valence-corrected chi connectivity index (χ4v) is 5.20. The van der Waals surface area contributed by atoms with Crippen molar-refractivity contribution in [3.63, 3.8) is 0 Å². The lowest BCUT2D eigenvalue weighted by Crippen LogP contribution is -2.44. The number of hydrogen-bond donors (Lipinski definition) is 2. The van der Waals surface area contributed by atoms with Crippen molar-refractivity contribution < 1.29 is 23.1 Å². The highest BCUT2D eigenvalue weighted by atomic mass is 35.5. The summed E-state index contributed by atoms with van der Waals surface area (Å²) in [6.07, 6.45) is -1.29. The number of rotatable bonds is 4. The van der Waals surface area contributed by atoms with Crippen molar-refractivity contribution in [2.24, 2.45) is 5.92 Å². The lowest BCUT2D eigenvalue weighted by Gasteiger charge is -2.46. The first kappa shape index (κ1) is 29.7. The molecule has 2 bridgehead atoms. The molecule has 3 aliphatic rings. The number of carbonyl (C=O) groups excluding carboxylic acids is 1. The van der Waals surface area contributed by atoms with E-state index in [1.165, 1.54) is 12.8 Å². The fraction of sp³-hybridized carbons (Fsp3) is 0.480. The maximum Gasteiger partial charge on any atom is 0.417 e. The van der Waals surface area contributed by atoms with Crippen LogP contribution in [0, 0.1) is 5.92 Å². The van der Waals surface area contributed by atoms with Gasteiger partial charge in [0.15, 0.2) is 0 Å². The van der Waals surface area contributed by atoms with Gasteiger partial charge in [-0.1, -0.05) is 47.5 Å². The molecule has 0 unspecified atom stereocenters. The normalized spacial score (nSPS) is 21.1. The predicted molar refractivity (Wildman–Crippen MR) is 135 cm³/mol. The third kappa shape index (κ3) is 7.49. The average molecular weight is 554 g/mol. The van der Waals surface area contributed by atoms with Crippen LogP contribution in [-0.2, 0) is 12.7 Å². The van der Waals surface area contributed by atoms with Crippen LogP contribution in [0.15, 0.2) is 36.4 Å². The van der Waals surface area contributed by atoms with Crippen molar-refractivity contribution in [1.29, 1.82) is 0 Å². The van der Waals surface area contributed by atoms with Crippen molar-refractivity contribution in [3.8, 4) is 0 Å². The van der Waals surface area contributed by atoms with E-state index >= 15 is 0 Å². The number of alkyl halides is 3. The Bertz CT molecular complexity index is 1010. The smallest absolute Gasteiger partial charge is 0.394 e. The van der Waals surface area contributed by atoms with E-state index in [9.17, 15) is 18.0 Å². The van der Waals surface area contributed by atoms with Gasteiger partial charge in [-0.3, -0.25) is 9.69 Å². The molecule has 0 radical (unpaired) electrons. The summed E-state index contributed by atoms with van der Waals surface area (Å²) in [4.78, 5) is 15.2. The van der Waals surface area contributed by atoms with Crippen LogP contribution >= 0.6 is 35.6 Å².